The van der Waals surface area contributed by atoms with Crippen molar-refractivity contribution >= 4 is 5.78 Å². The molecule has 0 saturated heterocycles. The normalized spacial score (nSPS) is 10.3. The molecule has 2 nitrogen and oxygen atoms in total. The van der Waals surface area contributed by atoms with Crippen molar-refractivity contribution in [2.75, 3.05) is 6.54 Å². The van der Waals surface area contributed by atoms with Crippen LogP contribution in [-0.2, 0) is 6.42 Å². The second-order valence-electron chi connectivity index (χ2n) is 4.07. The fraction of sp³-hybridized carbons (Fsp3) is 0.133. The first-order chi connectivity index (χ1) is 8.70. The highest BCUT2D eigenvalue weighted by atomic mass is 19.1. The maximum absolute atomic E-state index is 12.8. The monoisotopic (exact) mass is 243 g/mol. The molecule has 2 rings (SSSR count). The van der Waals surface area contributed by atoms with Crippen LogP contribution in [0.2, 0.25) is 0 Å². The van der Waals surface area contributed by atoms with Crippen LogP contribution in [0.1, 0.15) is 21.5 Å². The van der Waals surface area contributed by atoms with E-state index in [1.165, 1.54) is 24.3 Å². The third-order valence-corrected chi connectivity index (χ3v) is 2.76. The Morgan fingerprint density at radius 2 is 1.44 bits per heavy atom. The van der Waals surface area contributed by atoms with E-state index in [2.05, 4.69) is 0 Å². The van der Waals surface area contributed by atoms with Gasteiger partial charge in [-0.05, 0) is 42.8 Å². The molecule has 18 heavy (non-hydrogen) atoms. The maximum Gasteiger partial charge on any atom is 0.193 e. The number of benzene rings is 2. The van der Waals surface area contributed by atoms with Crippen molar-refractivity contribution in [2.45, 2.75) is 6.42 Å². The Hall–Kier alpha value is -2.00. The van der Waals surface area contributed by atoms with E-state index < -0.39 is 0 Å². The second-order valence-corrected chi connectivity index (χ2v) is 4.07. The van der Waals surface area contributed by atoms with Gasteiger partial charge in [0.05, 0.1) is 0 Å². The fourth-order valence-electron chi connectivity index (χ4n) is 1.76. The quantitative estimate of drug-likeness (QED) is 0.839. The van der Waals surface area contributed by atoms with E-state index in [4.69, 9.17) is 5.73 Å². The lowest BCUT2D eigenvalue weighted by Crippen LogP contribution is -2.04. The molecule has 0 aliphatic carbocycles. The molecule has 0 heterocycles. The van der Waals surface area contributed by atoms with Crippen molar-refractivity contribution in [3.63, 3.8) is 0 Å². The number of halogens is 1. The largest absolute Gasteiger partial charge is 0.330 e. The molecule has 0 saturated carbocycles. The lowest BCUT2D eigenvalue weighted by Gasteiger charge is -2.03. The first-order valence-corrected chi connectivity index (χ1v) is 5.80. The van der Waals surface area contributed by atoms with E-state index in [9.17, 15) is 9.18 Å². The Bertz CT molecular complexity index is 531. The SMILES string of the molecule is NCCc1ccc(C(=O)c2ccc(F)cc2)cc1. The summed E-state index contributed by atoms with van der Waals surface area (Å²) in [4.78, 5) is 12.1. The molecular weight excluding hydrogens is 229 g/mol. The van der Waals surface area contributed by atoms with Crippen LogP contribution in [-0.4, -0.2) is 12.3 Å². The van der Waals surface area contributed by atoms with Crippen molar-refractivity contribution in [1.29, 1.82) is 0 Å². The van der Waals surface area contributed by atoms with Crippen LogP contribution in [0.5, 0.6) is 0 Å². The summed E-state index contributed by atoms with van der Waals surface area (Å²) >= 11 is 0. The van der Waals surface area contributed by atoms with E-state index in [0.717, 1.165) is 12.0 Å². The first kappa shape index (κ1) is 12.5. The Kier molecular flexibility index (Phi) is 3.85. The van der Waals surface area contributed by atoms with E-state index in [1.807, 2.05) is 12.1 Å². The molecule has 2 N–H and O–H groups in total. The highest BCUT2D eigenvalue weighted by Crippen LogP contribution is 2.12. The van der Waals surface area contributed by atoms with E-state index >= 15 is 0 Å². The zero-order valence-electron chi connectivity index (χ0n) is 9.90. The number of carbonyl (C=O) groups is 1. The van der Waals surface area contributed by atoms with Crippen molar-refractivity contribution in [2.24, 2.45) is 5.73 Å². The molecule has 92 valence electrons. The van der Waals surface area contributed by atoms with Gasteiger partial charge in [0.1, 0.15) is 5.82 Å². The molecule has 0 radical (unpaired) electrons. The number of carbonyl (C=O) groups excluding carboxylic acids is 1. The molecule has 2 aromatic rings. The van der Waals surface area contributed by atoms with Crippen LogP contribution >= 0.6 is 0 Å². The van der Waals surface area contributed by atoms with Gasteiger partial charge in [-0.2, -0.15) is 0 Å². The third-order valence-electron chi connectivity index (χ3n) is 2.76. The Morgan fingerprint density at radius 1 is 0.944 bits per heavy atom. The van der Waals surface area contributed by atoms with Gasteiger partial charge in [0.15, 0.2) is 5.78 Å². The topological polar surface area (TPSA) is 43.1 Å². The van der Waals surface area contributed by atoms with Crippen molar-refractivity contribution in [3.05, 3.63) is 71.0 Å². The average molecular weight is 243 g/mol. The van der Waals surface area contributed by atoms with Gasteiger partial charge in [0, 0.05) is 11.1 Å². The Balaban J connectivity index is 2.20. The standard InChI is InChI=1S/C15H14FNO/c16-14-7-5-13(6-8-14)15(18)12-3-1-11(2-4-12)9-10-17/h1-8H,9-10,17H2. The summed E-state index contributed by atoms with van der Waals surface area (Å²) < 4.78 is 12.8. The van der Waals surface area contributed by atoms with Crippen LogP contribution in [0.4, 0.5) is 4.39 Å². The second kappa shape index (κ2) is 5.56. The van der Waals surface area contributed by atoms with Gasteiger partial charge in [-0.1, -0.05) is 24.3 Å². The summed E-state index contributed by atoms with van der Waals surface area (Å²) in [6, 6.07) is 12.9. The molecule has 0 aliphatic rings. The highest BCUT2D eigenvalue weighted by Gasteiger charge is 2.08. The lowest BCUT2D eigenvalue weighted by molar-refractivity contribution is 0.103. The molecule has 0 unspecified atom stereocenters. The van der Waals surface area contributed by atoms with Gasteiger partial charge in [0.2, 0.25) is 0 Å². The molecule has 0 fully saturated rings. The summed E-state index contributed by atoms with van der Waals surface area (Å²) in [5.41, 5.74) is 7.65. The van der Waals surface area contributed by atoms with E-state index in [-0.39, 0.29) is 11.6 Å². The number of hydrogen-bond acceptors (Lipinski definition) is 2. The summed E-state index contributed by atoms with van der Waals surface area (Å²) in [6.07, 6.45) is 0.797. The minimum absolute atomic E-state index is 0.103. The molecule has 2 aromatic carbocycles. The summed E-state index contributed by atoms with van der Waals surface area (Å²) in [6.45, 7) is 0.589. The van der Waals surface area contributed by atoms with Crippen LogP contribution in [0.3, 0.4) is 0 Å². The number of rotatable bonds is 4. The molecule has 3 heteroatoms. The summed E-state index contributed by atoms with van der Waals surface area (Å²) in [5, 5.41) is 0. The predicted octanol–water partition coefficient (Wildman–Crippen LogP) is 2.56. The average Bonchev–Trinajstić information content (AvgIpc) is 2.40. The van der Waals surface area contributed by atoms with Crippen LogP contribution in [0, 0.1) is 5.82 Å². The van der Waals surface area contributed by atoms with Gasteiger partial charge in [-0.15, -0.1) is 0 Å². The van der Waals surface area contributed by atoms with E-state index in [0.29, 0.717) is 17.7 Å². The molecule has 0 amide bonds. The number of nitrogens with two attached hydrogens (primary N) is 1. The smallest absolute Gasteiger partial charge is 0.193 e. The molecule has 0 spiro atoms. The van der Waals surface area contributed by atoms with Gasteiger partial charge < -0.3 is 5.73 Å². The Morgan fingerprint density at radius 3 is 1.94 bits per heavy atom. The lowest BCUT2D eigenvalue weighted by atomic mass is 10.0. The number of ketones is 1. The molecule has 0 aliphatic heterocycles. The summed E-state index contributed by atoms with van der Waals surface area (Å²) in [7, 11) is 0. The van der Waals surface area contributed by atoms with E-state index in [1.54, 1.807) is 12.1 Å². The first-order valence-electron chi connectivity index (χ1n) is 5.80. The highest BCUT2D eigenvalue weighted by molar-refractivity contribution is 6.08. The van der Waals surface area contributed by atoms with Crippen LogP contribution < -0.4 is 5.73 Å². The summed E-state index contributed by atoms with van der Waals surface area (Å²) in [5.74, 6) is -0.445. The molecule has 0 atom stereocenters. The third kappa shape index (κ3) is 2.81. The van der Waals surface area contributed by atoms with Gasteiger partial charge >= 0.3 is 0 Å². The molecule has 0 bridgehead atoms. The molecular formula is C15H14FNO. The van der Waals surface area contributed by atoms with Gasteiger partial charge in [-0.25, -0.2) is 4.39 Å². The van der Waals surface area contributed by atoms with Gasteiger partial charge in [-0.3, -0.25) is 4.79 Å². The maximum atomic E-state index is 12.8. The molecule has 0 aromatic heterocycles. The zero-order valence-corrected chi connectivity index (χ0v) is 9.90. The van der Waals surface area contributed by atoms with Crippen molar-refractivity contribution < 1.29 is 9.18 Å². The minimum atomic E-state index is -0.343. The minimum Gasteiger partial charge on any atom is -0.330 e. The zero-order chi connectivity index (χ0) is 13.0. The number of hydrogen-bond donors (Lipinski definition) is 1. The predicted molar refractivity (Wildman–Crippen MR) is 69.0 cm³/mol. The van der Waals surface area contributed by atoms with Crippen molar-refractivity contribution in [1.82, 2.24) is 0 Å². The van der Waals surface area contributed by atoms with Crippen molar-refractivity contribution in [3.8, 4) is 0 Å². The van der Waals surface area contributed by atoms with Crippen LogP contribution in [0.25, 0.3) is 0 Å². The Labute approximate surface area is 105 Å². The van der Waals surface area contributed by atoms with Crippen LogP contribution in [0.15, 0.2) is 48.5 Å². The fourth-order valence-corrected chi connectivity index (χ4v) is 1.76. The van der Waals surface area contributed by atoms with Gasteiger partial charge in [0.25, 0.3) is 0 Å².